The second-order valence-corrected chi connectivity index (χ2v) is 9.68. The van der Waals surface area contributed by atoms with Crippen LogP contribution in [0.3, 0.4) is 0 Å². The van der Waals surface area contributed by atoms with Crippen molar-refractivity contribution in [2.75, 3.05) is 0 Å². The molecule has 5 rings (SSSR count). The van der Waals surface area contributed by atoms with E-state index in [9.17, 15) is 14.4 Å². The van der Waals surface area contributed by atoms with Crippen LogP contribution in [0.15, 0.2) is 76.2 Å². The van der Waals surface area contributed by atoms with Gasteiger partial charge in [-0.05, 0) is 69.0 Å². The molecule has 0 amide bonds. The molecule has 4 unspecified atom stereocenters. The van der Waals surface area contributed by atoms with Crippen molar-refractivity contribution in [3.63, 3.8) is 0 Å². The molecule has 3 aromatic rings. The van der Waals surface area contributed by atoms with Crippen LogP contribution in [-0.2, 0) is 4.74 Å². The number of ether oxygens (including phenoxy) is 2. The smallest absolute Gasteiger partial charge is 0.351 e. The standard InChI is InChI=1S/C29H24N2O6/c1-16(2)20-11-21-26(32)25-23(13-22(35-28(25)34)19-5-4-10-31-15-19)37-29(21,3)24(12-20)36-27(33)18-8-6-17(14-30)7-9-18/h4-10,13,15,20-21,24H,1,11-12H2,2-3H3. The van der Waals surface area contributed by atoms with Gasteiger partial charge in [0.2, 0.25) is 0 Å². The number of nitriles is 1. The van der Waals surface area contributed by atoms with Crippen molar-refractivity contribution in [1.82, 2.24) is 4.98 Å². The van der Waals surface area contributed by atoms with Crippen molar-refractivity contribution >= 4 is 11.8 Å². The van der Waals surface area contributed by atoms with E-state index in [-0.39, 0.29) is 28.6 Å². The fraction of sp³-hybridized carbons (Fsp3) is 0.276. The highest BCUT2D eigenvalue weighted by Gasteiger charge is 2.58. The van der Waals surface area contributed by atoms with Gasteiger partial charge in [0.25, 0.3) is 0 Å². The summed E-state index contributed by atoms with van der Waals surface area (Å²) in [5.74, 6) is -1.56. The Morgan fingerprint density at radius 3 is 2.62 bits per heavy atom. The molecular formula is C29H24N2O6. The molecule has 8 nitrogen and oxygen atoms in total. The van der Waals surface area contributed by atoms with Gasteiger partial charge in [0.05, 0.1) is 23.1 Å². The zero-order valence-electron chi connectivity index (χ0n) is 20.4. The first-order valence-electron chi connectivity index (χ1n) is 11.9. The van der Waals surface area contributed by atoms with Gasteiger partial charge in [-0.1, -0.05) is 12.2 Å². The molecule has 0 radical (unpaired) electrons. The van der Waals surface area contributed by atoms with E-state index in [1.54, 1.807) is 31.5 Å². The van der Waals surface area contributed by atoms with E-state index in [4.69, 9.17) is 19.2 Å². The second-order valence-electron chi connectivity index (χ2n) is 9.68. The lowest BCUT2D eigenvalue weighted by Gasteiger charge is -2.50. The minimum absolute atomic E-state index is 0.0899. The maximum absolute atomic E-state index is 13.7. The lowest BCUT2D eigenvalue weighted by atomic mass is 9.64. The first-order valence-corrected chi connectivity index (χ1v) is 11.9. The monoisotopic (exact) mass is 496 g/mol. The molecule has 0 spiro atoms. The van der Waals surface area contributed by atoms with Crippen molar-refractivity contribution in [3.05, 3.63) is 94.1 Å². The Labute approximate surface area is 213 Å². The molecule has 1 aliphatic heterocycles. The molecule has 2 aromatic heterocycles. The van der Waals surface area contributed by atoms with Gasteiger partial charge in [-0.3, -0.25) is 9.78 Å². The largest absolute Gasteiger partial charge is 0.482 e. The average molecular weight is 497 g/mol. The third kappa shape index (κ3) is 4.23. The van der Waals surface area contributed by atoms with Gasteiger partial charge >= 0.3 is 11.6 Å². The van der Waals surface area contributed by atoms with Crippen LogP contribution in [0.5, 0.6) is 5.75 Å². The van der Waals surface area contributed by atoms with Crippen LogP contribution in [0.1, 0.15) is 53.0 Å². The number of nitrogens with zero attached hydrogens (tertiary/aromatic N) is 2. The molecular weight excluding hydrogens is 472 g/mol. The number of Topliss-reactive ketones (excluding diaryl/α,β-unsaturated/α-hetero) is 1. The number of hydrogen-bond donors (Lipinski definition) is 0. The number of carbonyl (C=O) groups excluding carboxylic acids is 2. The predicted molar refractivity (Wildman–Crippen MR) is 133 cm³/mol. The number of allylic oxidation sites excluding steroid dienone is 1. The SMILES string of the molecule is C=C(C)C1CC(OC(=O)c2ccc(C#N)cc2)C2(C)Oc3cc(-c4cccnc4)oc(=O)c3C(=O)C2C1. The number of rotatable bonds is 4. The molecule has 3 heterocycles. The van der Waals surface area contributed by atoms with Crippen molar-refractivity contribution in [1.29, 1.82) is 5.26 Å². The van der Waals surface area contributed by atoms with Crippen molar-refractivity contribution in [2.24, 2.45) is 11.8 Å². The molecule has 1 aromatic carbocycles. The van der Waals surface area contributed by atoms with Gasteiger partial charge in [0.1, 0.15) is 23.2 Å². The van der Waals surface area contributed by atoms with Crippen LogP contribution in [0.2, 0.25) is 0 Å². The summed E-state index contributed by atoms with van der Waals surface area (Å²) in [6.07, 6.45) is 3.14. The fourth-order valence-electron chi connectivity index (χ4n) is 5.12. The fourth-order valence-corrected chi connectivity index (χ4v) is 5.12. The predicted octanol–water partition coefficient (Wildman–Crippen LogP) is 4.74. The number of benzene rings is 1. The Morgan fingerprint density at radius 1 is 1.22 bits per heavy atom. The minimum Gasteiger partial charge on any atom is -0.482 e. The first kappa shape index (κ1) is 24.2. The highest BCUT2D eigenvalue weighted by molar-refractivity contribution is 6.02. The van der Waals surface area contributed by atoms with Gasteiger partial charge in [-0.15, -0.1) is 0 Å². The summed E-state index contributed by atoms with van der Waals surface area (Å²) in [6.45, 7) is 7.66. The average Bonchev–Trinajstić information content (AvgIpc) is 2.89. The Kier molecular flexibility index (Phi) is 6.00. The minimum atomic E-state index is -1.22. The van der Waals surface area contributed by atoms with Gasteiger partial charge in [-0.25, -0.2) is 9.59 Å². The topological polar surface area (TPSA) is 119 Å². The van der Waals surface area contributed by atoms with Crippen molar-refractivity contribution < 1.29 is 23.5 Å². The van der Waals surface area contributed by atoms with Crippen LogP contribution >= 0.6 is 0 Å². The lowest BCUT2D eigenvalue weighted by Crippen LogP contribution is -2.61. The van der Waals surface area contributed by atoms with Crippen molar-refractivity contribution in [2.45, 2.75) is 38.4 Å². The number of fused-ring (bicyclic) bond motifs is 2. The molecule has 2 aliphatic rings. The number of pyridine rings is 1. The normalized spacial score (nSPS) is 24.1. The summed E-state index contributed by atoms with van der Waals surface area (Å²) in [5.41, 5.74) is -0.0531. The third-order valence-corrected chi connectivity index (χ3v) is 7.30. The summed E-state index contributed by atoms with van der Waals surface area (Å²) >= 11 is 0. The lowest BCUT2D eigenvalue weighted by molar-refractivity contribution is -0.116. The highest BCUT2D eigenvalue weighted by atomic mass is 16.6. The third-order valence-electron chi connectivity index (χ3n) is 7.30. The molecule has 0 saturated heterocycles. The van der Waals surface area contributed by atoms with Crippen molar-refractivity contribution in [3.8, 4) is 23.1 Å². The van der Waals surface area contributed by atoms with Gasteiger partial charge in [-0.2, -0.15) is 5.26 Å². The van der Waals surface area contributed by atoms with Gasteiger partial charge < -0.3 is 13.9 Å². The molecule has 37 heavy (non-hydrogen) atoms. The second kappa shape index (κ2) is 9.17. The van der Waals surface area contributed by atoms with E-state index >= 15 is 0 Å². The zero-order valence-corrected chi connectivity index (χ0v) is 20.4. The first-order chi connectivity index (χ1) is 17.7. The summed E-state index contributed by atoms with van der Waals surface area (Å²) in [5, 5.41) is 9.03. The quantitative estimate of drug-likeness (QED) is 0.375. The van der Waals surface area contributed by atoms with Gasteiger partial charge in [0.15, 0.2) is 11.4 Å². The van der Waals surface area contributed by atoms with Crippen LogP contribution in [0.4, 0.5) is 0 Å². The van der Waals surface area contributed by atoms with Crippen LogP contribution in [-0.4, -0.2) is 28.4 Å². The maximum atomic E-state index is 13.7. The van der Waals surface area contributed by atoms with E-state index in [0.29, 0.717) is 24.0 Å². The molecule has 1 fully saturated rings. The Balaban J connectivity index is 1.54. The van der Waals surface area contributed by atoms with E-state index < -0.39 is 35.0 Å². The Hall–Kier alpha value is -4.51. The summed E-state index contributed by atoms with van der Waals surface area (Å²) < 4.78 is 17.8. The Bertz CT molecular complexity index is 1500. The number of aromatic nitrogens is 1. The number of carbonyl (C=O) groups is 2. The summed E-state index contributed by atoms with van der Waals surface area (Å²) in [6, 6.07) is 13.1. The molecule has 1 aliphatic carbocycles. The van der Waals surface area contributed by atoms with Gasteiger partial charge in [0, 0.05) is 24.0 Å². The molecule has 0 bridgehead atoms. The van der Waals surface area contributed by atoms with E-state index in [0.717, 1.165) is 5.57 Å². The van der Waals surface area contributed by atoms with Crippen LogP contribution in [0, 0.1) is 23.2 Å². The van der Waals surface area contributed by atoms with Crippen LogP contribution in [0.25, 0.3) is 11.3 Å². The maximum Gasteiger partial charge on any atom is 0.351 e. The molecule has 0 N–H and O–H groups in total. The molecule has 8 heteroatoms. The molecule has 4 atom stereocenters. The zero-order chi connectivity index (χ0) is 26.3. The number of hydrogen-bond acceptors (Lipinski definition) is 8. The van der Waals surface area contributed by atoms with E-state index in [1.807, 2.05) is 13.0 Å². The Morgan fingerprint density at radius 2 is 1.97 bits per heavy atom. The molecule has 1 saturated carbocycles. The van der Waals surface area contributed by atoms with E-state index in [1.165, 1.54) is 30.3 Å². The van der Waals surface area contributed by atoms with E-state index in [2.05, 4.69) is 11.6 Å². The summed E-state index contributed by atoms with van der Waals surface area (Å²) in [7, 11) is 0. The number of ketones is 1. The molecule has 186 valence electrons. The van der Waals surface area contributed by atoms with Crippen LogP contribution < -0.4 is 10.4 Å². The number of esters is 1. The highest BCUT2D eigenvalue weighted by Crippen LogP contribution is 2.49. The summed E-state index contributed by atoms with van der Waals surface area (Å²) in [4.78, 5) is 43.8.